The van der Waals surface area contributed by atoms with Gasteiger partial charge in [-0.25, -0.2) is 13.2 Å². The third kappa shape index (κ3) is 4.17. The van der Waals surface area contributed by atoms with Crippen LogP contribution in [0, 0.1) is 17.5 Å². The number of hydrogen-bond acceptors (Lipinski definition) is 3. The Bertz CT molecular complexity index is 792. The Morgan fingerprint density at radius 1 is 1.00 bits per heavy atom. The second-order valence-electron chi connectivity index (χ2n) is 5.84. The number of benzene rings is 2. The fraction of sp³-hybridized carbons (Fsp3) is 0.222. The lowest BCUT2D eigenvalue weighted by molar-refractivity contribution is -0.152. The van der Waals surface area contributed by atoms with E-state index in [1.807, 2.05) is 5.32 Å². The number of carbonyl (C=O) groups is 2. The molecule has 0 heterocycles. The monoisotopic (exact) mass is 351 g/mol. The Hall–Kier alpha value is -2.83. The predicted octanol–water partition coefficient (Wildman–Crippen LogP) is 3.56. The maximum Gasteiger partial charge on any atom is 0.316 e. The lowest BCUT2D eigenvalue weighted by atomic mass is 9.85. The van der Waals surface area contributed by atoms with Crippen molar-refractivity contribution in [1.82, 2.24) is 0 Å². The first kappa shape index (κ1) is 18.5. The molecule has 7 heteroatoms. The third-order valence-electron chi connectivity index (χ3n) is 3.65. The van der Waals surface area contributed by atoms with Gasteiger partial charge in [0.1, 0.15) is 0 Å². The molecule has 0 saturated heterocycles. The van der Waals surface area contributed by atoms with Crippen LogP contribution in [0.15, 0.2) is 42.5 Å². The normalized spacial score (nSPS) is 11.1. The second-order valence-corrected chi connectivity index (χ2v) is 5.84. The summed E-state index contributed by atoms with van der Waals surface area (Å²) in [6, 6.07) is 10.4. The highest BCUT2D eigenvalue weighted by atomic mass is 19.2. The van der Waals surface area contributed by atoms with Crippen LogP contribution in [0.3, 0.4) is 0 Å². The molecule has 0 aliphatic rings. The molecule has 1 N–H and O–H groups in total. The molecule has 0 bridgehead atoms. The minimum Gasteiger partial charge on any atom is -0.455 e. The van der Waals surface area contributed by atoms with E-state index in [2.05, 4.69) is 0 Å². The smallest absolute Gasteiger partial charge is 0.316 e. The summed E-state index contributed by atoms with van der Waals surface area (Å²) in [5, 5.41) is 2.03. The van der Waals surface area contributed by atoms with Gasteiger partial charge in [-0.2, -0.15) is 0 Å². The van der Waals surface area contributed by atoms with Crippen LogP contribution in [0.2, 0.25) is 0 Å². The lowest BCUT2D eigenvalue weighted by Crippen LogP contribution is -2.33. The quantitative estimate of drug-likeness (QED) is 0.662. The fourth-order valence-electron chi connectivity index (χ4n) is 2.09. The average Bonchev–Trinajstić information content (AvgIpc) is 2.61. The highest BCUT2D eigenvalue weighted by Crippen LogP contribution is 2.24. The number of anilines is 1. The van der Waals surface area contributed by atoms with E-state index in [0.717, 1.165) is 6.07 Å². The Morgan fingerprint density at radius 3 is 2.28 bits per heavy atom. The molecule has 0 atom stereocenters. The highest BCUT2D eigenvalue weighted by molar-refractivity contribution is 5.93. The third-order valence-corrected chi connectivity index (χ3v) is 3.65. The fourth-order valence-corrected chi connectivity index (χ4v) is 2.09. The molecule has 1 amide bonds. The van der Waals surface area contributed by atoms with Gasteiger partial charge in [0.2, 0.25) is 0 Å². The van der Waals surface area contributed by atoms with E-state index >= 15 is 0 Å². The van der Waals surface area contributed by atoms with E-state index in [1.165, 1.54) is 0 Å². The largest absolute Gasteiger partial charge is 0.455 e. The molecule has 0 saturated carbocycles. The number of rotatable bonds is 5. The van der Waals surface area contributed by atoms with Crippen LogP contribution in [0.25, 0.3) is 0 Å². The minimum absolute atomic E-state index is 0.540. The molecule has 0 aliphatic heterocycles. The number of carbonyl (C=O) groups excluding carboxylic acids is 2. The predicted molar refractivity (Wildman–Crippen MR) is 85.4 cm³/mol. The molecule has 132 valence electrons. The van der Waals surface area contributed by atoms with Gasteiger partial charge in [-0.05, 0) is 31.5 Å². The number of ether oxygens (including phenoxy) is 1. The SMILES string of the molecule is CC(C)(C(=O)OCC(=O)Nc1ccc(F)c(F)c1F)c1ccccc1. The molecule has 2 rings (SSSR count). The summed E-state index contributed by atoms with van der Waals surface area (Å²) in [4.78, 5) is 24.0. The second kappa shape index (κ2) is 7.38. The van der Waals surface area contributed by atoms with E-state index < -0.39 is 47.0 Å². The topological polar surface area (TPSA) is 55.4 Å². The van der Waals surface area contributed by atoms with Crippen LogP contribution in [0.5, 0.6) is 0 Å². The molecule has 0 fully saturated rings. The van der Waals surface area contributed by atoms with E-state index in [0.29, 0.717) is 11.6 Å². The number of hydrogen-bond donors (Lipinski definition) is 1. The van der Waals surface area contributed by atoms with E-state index in [-0.39, 0.29) is 0 Å². The molecule has 0 aliphatic carbocycles. The van der Waals surface area contributed by atoms with Crippen molar-refractivity contribution < 1.29 is 27.5 Å². The van der Waals surface area contributed by atoms with Crippen LogP contribution in [-0.2, 0) is 19.7 Å². The first-order valence-electron chi connectivity index (χ1n) is 7.39. The van der Waals surface area contributed by atoms with Gasteiger partial charge in [-0.3, -0.25) is 9.59 Å². The highest BCUT2D eigenvalue weighted by Gasteiger charge is 2.31. The van der Waals surface area contributed by atoms with Crippen LogP contribution in [0.1, 0.15) is 19.4 Å². The zero-order valence-corrected chi connectivity index (χ0v) is 13.6. The molecule has 25 heavy (non-hydrogen) atoms. The van der Waals surface area contributed by atoms with Crippen molar-refractivity contribution >= 4 is 17.6 Å². The molecule has 2 aromatic rings. The van der Waals surface area contributed by atoms with Crippen LogP contribution < -0.4 is 5.32 Å². The Labute approximate surface area is 142 Å². The minimum atomic E-state index is -1.69. The van der Waals surface area contributed by atoms with Gasteiger partial charge in [0.15, 0.2) is 24.1 Å². The average molecular weight is 351 g/mol. The van der Waals surface area contributed by atoms with Crippen molar-refractivity contribution in [3.63, 3.8) is 0 Å². The summed E-state index contributed by atoms with van der Waals surface area (Å²) in [6.07, 6.45) is 0. The summed E-state index contributed by atoms with van der Waals surface area (Å²) in [5.74, 6) is -6.11. The maximum atomic E-state index is 13.5. The molecule has 0 radical (unpaired) electrons. The Morgan fingerprint density at radius 2 is 1.64 bits per heavy atom. The van der Waals surface area contributed by atoms with Gasteiger partial charge in [0.05, 0.1) is 11.1 Å². The molecule has 2 aromatic carbocycles. The van der Waals surface area contributed by atoms with Gasteiger partial charge in [-0.1, -0.05) is 30.3 Å². The van der Waals surface area contributed by atoms with Crippen LogP contribution in [0.4, 0.5) is 18.9 Å². The van der Waals surface area contributed by atoms with Crippen molar-refractivity contribution in [3.8, 4) is 0 Å². The summed E-state index contributed by atoms with van der Waals surface area (Å²) in [6.45, 7) is 2.59. The van der Waals surface area contributed by atoms with E-state index in [4.69, 9.17) is 4.74 Å². The summed E-state index contributed by atoms with van der Waals surface area (Å²) >= 11 is 0. The van der Waals surface area contributed by atoms with E-state index in [9.17, 15) is 22.8 Å². The van der Waals surface area contributed by atoms with Gasteiger partial charge in [0.25, 0.3) is 5.91 Å². The molecule has 0 unspecified atom stereocenters. The molecular formula is C18H16F3NO3. The zero-order valence-electron chi connectivity index (χ0n) is 13.6. The summed E-state index contributed by atoms with van der Waals surface area (Å²) < 4.78 is 44.4. The lowest BCUT2D eigenvalue weighted by Gasteiger charge is -2.22. The van der Waals surface area contributed by atoms with Crippen LogP contribution in [-0.4, -0.2) is 18.5 Å². The molecule has 0 spiro atoms. The van der Waals surface area contributed by atoms with E-state index in [1.54, 1.807) is 44.2 Å². The number of esters is 1. The molecule has 4 nitrogen and oxygen atoms in total. The first-order valence-corrected chi connectivity index (χ1v) is 7.39. The summed E-state index contributed by atoms with van der Waals surface area (Å²) in [5.41, 5.74) is -0.830. The van der Waals surface area contributed by atoms with Gasteiger partial charge in [-0.15, -0.1) is 0 Å². The van der Waals surface area contributed by atoms with Crippen molar-refractivity contribution in [1.29, 1.82) is 0 Å². The van der Waals surface area contributed by atoms with Gasteiger partial charge < -0.3 is 10.1 Å². The van der Waals surface area contributed by atoms with Crippen LogP contribution >= 0.6 is 0 Å². The zero-order chi connectivity index (χ0) is 18.6. The van der Waals surface area contributed by atoms with Crippen molar-refractivity contribution in [2.45, 2.75) is 19.3 Å². The van der Waals surface area contributed by atoms with Crippen molar-refractivity contribution in [2.75, 3.05) is 11.9 Å². The van der Waals surface area contributed by atoms with Crippen molar-refractivity contribution in [2.24, 2.45) is 0 Å². The maximum absolute atomic E-state index is 13.5. The first-order chi connectivity index (χ1) is 11.7. The van der Waals surface area contributed by atoms with Crippen molar-refractivity contribution in [3.05, 3.63) is 65.5 Å². The summed E-state index contributed by atoms with van der Waals surface area (Å²) in [7, 11) is 0. The standard InChI is InChI=1S/C18H16F3NO3/c1-18(2,11-6-4-3-5-7-11)17(24)25-10-14(23)22-13-9-8-12(19)15(20)16(13)21/h3-9H,10H2,1-2H3,(H,22,23). The molecule has 0 aromatic heterocycles. The van der Waals surface area contributed by atoms with Gasteiger partial charge >= 0.3 is 5.97 Å². The Balaban J connectivity index is 1.98. The number of halogens is 3. The van der Waals surface area contributed by atoms with Gasteiger partial charge in [0, 0.05) is 0 Å². The number of nitrogens with one attached hydrogen (secondary N) is 1. The molecular weight excluding hydrogens is 335 g/mol. The Kier molecular flexibility index (Phi) is 5.46. The number of amides is 1.